The summed E-state index contributed by atoms with van der Waals surface area (Å²) in [4.78, 5) is 0. The predicted molar refractivity (Wildman–Crippen MR) is 57.7 cm³/mol. The van der Waals surface area contributed by atoms with Crippen LogP contribution >= 0.6 is 0 Å². The largest absolute Gasteiger partial charge is 0.496 e. The Balaban J connectivity index is 2.45. The van der Waals surface area contributed by atoms with Crippen molar-refractivity contribution in [1.82, 2.24) is 0 Å². The maximum atomic E-state index is 5.95. The zero-order valence-electron chi connectivity index (χ0n) is 9.00. The van der Waals surface area contributed by atoms with Crippen LogP contribution in [0.3, 0.4) is 0 Å². The molecule has 76 valence electrons. The van der Waals surface area contributed by atoms with E-state index in [2.05, 4.69) is 26.0 Å². The Labute approximate surface area is 85.1 Å². The minimum absolute atomic E-state index is 0.136. The van der Waals surface area contributed by atoms with Gasteiger partial charge in [-0.25, -0.2) is 0 Å². The highest BCUT2D eigenvalue weighted by molar-refractivity contribution is 5.47. The third-order valence-electron chi connectivity index (χ3n) is 3.27. The van der Waals surface area contributed by atoms with E-state index in [1.54, 1.807) is 7.11 Å². The number of aryl methyl sites for hydroxylation is 1. The van der Waals surface area contributed by atoms with Gasteiger partial charge in [0, 0.05) is 17.0 Å². The third-order valence-corrected chi connectivity index (χ3v) is 3.27. The summed E-state index contributed by atoms with van der Waals surface area (Å²) < 4.78 is 5.36. The molecule has 1 aliphatic rings. The molecule has 2 unspecified atom stereocenters. The molecule has 0 saturated heterocycles. The average molecular weight is 191 g/mol. The standard InChI is InChI=1S/C12H17NO/c1-8-4-5-10(14-3)9(6-8)12(2)7-11(12)13/h4-6,11H,7,13H2,1-3H3. The summed E-state index contributed by atoms with van der Waals surface area (Å²) in [5.41, 5.74) is 8.61. The second-order valence-corrected chi connectivity index (χ2v) is 4.43. The Morgan fingerprint density at radius 1 is 1.50 bits per heavy atom. The monoisotopic (exact) mass is 191 g/mol. The van der Waals surface area contributed by atoms with Crippen LogP contribution in [-0.2, 0) is 5.41 Å². The van der Waals surface area contributed by atoms with Crippen molar-refractivity contribution >= 4 is 0 Å². The van der Waals surface area contributed by atoms with Crippen molar-refractivity contribution in [3.05, 3.63) is 29.3 Å². The van der Waals surface area contributed by atoms with Gasteiger partial charge in [0.05, 0.1) is 7.11 Å². The van der Waals surface area contributed by atoms with Gasteiger partial charge < -0.3 is 10.5 Å². The molecular weight excluding hydrogens is 174 g/mol. The summed E-state index contributed by atoms with van der Waals surface area (Å²) in [7, 11) is 1.71. The Bertz CT molecular complexity index is 361. The lowest BCUT2D eigenvalue weighted by Gasteiger charge is -2.15. The normalized spacial score (nSPS) is 30.1. The molecule has 0 amide bonds. The van der Waals surface area contributed by atoms with Gasteiger partial charge >= 0.3 is 0 Å². The van der Waals surface area contributed by atoms with Crippen LogP contribution in [0.15, 0.2) is 18.2 Å². The van der Waals surface area contributed by atoms with E-state index in [1.807, 2.05) is 6.07 Å². The van der Waals surface area contributed by atoms with Gasteiger partial charge in [-0.1, -0.05) is 24.6 Å². The van der Waals surface area contributed by atoms with Crippen LogP contribution in [0.1, 0.15) is 24.5 Å². The van der Waals surface area contributed by atoms with E-state index in [0.29, 0.717) is 0 Å². The molecule has 2 atom stereocenters. The maximum Gasteiger partial charge on any atom is 0.122 e. The Kier molecular flexibility index (Phi) is 2.04. The van der Waals surface area contributed by atoms with Crippen molar-refractivity contribution in [1.29, 1.82) is 0 Å². The summed E-state index contributed by atoms with van der Waals surface area (Å²) in [5, 5.41) is 0. The van der Waals surface area contributed by atoms with E-state index in [4.69, 9.17) is 10.5 Å². The highest BCUT2D eigenvalue weighted by Gasteiger charge is 2.50. The lowest BCUT2D eigenvalue weighted by atomic mass is 9.95. The molecule has 1 aliphatic carbocycles. The molecule has 0 spiro atoms. The zero-order chi connectivity index (χ0) is 10.3. The van der Waals surface area contributed by atoms with Crippen LogP contribution in [-0.4, -0.2) is 13.2 Å². The minimum Gasteiger partial charge on any atom is -0.496 e. The molecule has 0 aromatic heterocycles. The van der Waals surface area contributed by atoms with Crippen molar-refractivity contribution < 1.29 is 4.74 Å². The van der Waals surface area contributed by atoms with E-state index in [9.17, 15) is 0 Å². The van der Waals surface area contributed by atoms with E-state index < -0.39 is 0 Å². The van der Waals surface area contributed by atoms with Crippen molar-refractivity contribution in [2.24, 2.45) is 5.73 Å². The number of benzene rings is 1. The van der Waals surface area contributed by atoms with E-state index >= 15 is 0 Å². The molecule has 2 heteroatoms. The second-order valence-electron chi connectivity index (χ2n) is 4.43. The highest BCUT2D eigenvalue weighted by Crippen LogP contribution is 2.49. The maximum absolute atomic E-state index is 5.95. The van der Waals surface area contributed by atoms with Crippen LogP contribution < -0.4 is 10.5 Å². The van der Waals surface area contributed by atoms with Crippen molar-refractivity contribution in [2.45, 2.75) is 31.7 Å². The minimum atomic E-state index is 0.136. The summed E-state index contributed by atoms with van der Waals surface area (Å²) in [6.07, 6.45) is 1.06. The van der Waals surface area contributed by atoms with Gasteiger partial charge in [0.15, 0.2) is 0 Å². The highest BCUT2D eigenvalue weighted by atomic mass is 16.5. The zero-order valence-corrected chi connectivity index (χ0v) is 9.00. The van der Waals surface area contributed by atoms with Crippen LogP contribution in [0.5, 0.6) is 5.75 Å². The van der Waals surface area contributed by atoms with E-state index in [0.717, 1.165) is 12.2 Å². The smallest absolute Gasteiger partial charge is 0.122 e. The first-order valence-electron chi connectivity index (χ1n) is 4.98. The SMILES string of the molecule is COc1ccc(C)cc1C1(C)CC1N. The van der Waals surface area contributed by atoms with Crippen LogP contribution in [0.2, 0.25) is 0 Å². The number of methoxy groups -OCH3 is 1. The van der Waals surface area contributed by atoms with Gasteiger partial charge in [-0.2, -0.15) is 0 Å². The van der Waals surface area contributed by atoms with Gasteiger partial charge in [-0.3, -0.25) is 0 Å². The van der Waals surface area contributed by atoms with E-state index in [1.165, 1.54) is 11.1 Å². The van der Waals surface area contributed by atoms with Gasteiger partial charge in [0.2, 0.25) is 0 Å². The summed E-state index contributed by atoms with van der Waals surface area (Å²) in [6, 6.07) is 6.57. The lowest BCUT2D eigenvalue weighted by Crippen LogP contribution is -2.15. The topological polar surface area (TPSA) is 35.2 Å². The van der Waals surface area contributed by atoms with Crippen molar-refractivity contribution in [3.8, 4) is 5.75 Å². The van der Waals surface area contributed by atoms with Gasteiger partial charge in [-0.05, 0) is 19.4 Å². The molecule has 0 aliphatic heterocycles. The van der Waals surface area contributed by atoms with Crippen molar-refractivity contribution in [2.75, 3.05) is 7.11 Å². The van der Waals surface area contributed by atoms with Crippen molar-refractivity contribution in [3.63, 3.8) is 0 Å². The fourth-order valence-electron chi connectivity index (χ4n) is 1.98. The van der Waals surface area contributed by atoms with Crippen LogP contribution in [0, 0.1) is 6.92 Å². The number of hydrogen-bond acceptors (Lipinski definition) is 2. The van der Waals surface area contributed by atoms with Gasteiger partial charge in [0.25, 0.3) is 0 Å². The molecule has 1 aromatic rings. The predicted octanol–water partition coefficient (Wildman–Crippen LogP) is 1.99. The molecule has 0 bridgehead atoms. The molecule has 1 aromatic carbocycles. The fourth-order valence-corrected chi connectivity index (χ4v) is 1.98. The average Bonchev–Trinajstić information content (AvgIpc) is 2.76. The first-order valence-corrected chi connectivity index (χ1v) is 4.98. The summed E-state index contributed by atoms with van der Waals surface area (Å²) in [6.45, 7) is 4.30. The molecule has 1 saturated carbocycles. The number of hydrogen-bond donors (Lipinski definition) is 1. The first-order chi connectivity index (χ1) is 6.58. The molecule has 0 radical (unpaired) electrons. The Hall–Kier alpha value is -1.02. The summed E-state index contributed by atoms with van der Waals surface area (Å²) in [5.74, 6) is 0.964. The quantitative estimate of drug-likeness (QED) is 0.776. The number of rotatable bonds is 2. The molecular formula is C12H17NO. The molecule has 14 heavy (non-hydrogen) atoms. The van der Waals surface area contributed by atoms with E-state index in [-0.39, 0.29) is 11.5 Å². The first kappa shape index (κ1) is 9.53. The molecule has 2 N–H and O–H groups in total. The second kappa shape index (κ2) is 2.99. The summed E-state index contributed by atoms with van der Waals surface area (Å²) >= 11 is 0. The number of nitrogens with two attached hydrogens (primary N) is 1. The number of ether oxygens (including phenoxy) is 1. The fraction of sp³-hybridized carbons (Fsp3) is 0.500. The molecule has 2 nitrogen and oxygen atoms in total. The third kappa shape index (κ3) is 1.30. The lowest BCUT2D eigenvalue weighted by molar-refractivity contribution is 0.404. The molecule has 0 heterocycles. The van der Waals surface area contributed by atoms with Crippen LogP contribution in [0.4, 0.5) is 0 Å². The Morgan fingerprint density at radius 2 is 2.14 bits per heavy atom. The molecule has 2 rings (SSSR count). The van der Waals surface area contributed by atoms with Crippen LogP contribution in [0.25, 0.3) is 0 Å². The Morgan fingerprint density at radius 3 is 2.64 bits per heavy atom. The molecule has 1 fully saturated rings. The van der Waals surface area contributed by atoms with Gasteiger partial charge in [-0.15, -0.1) is 0 Å². The van der Waals surface area contributed by atoms with Gasteiger partial charge in [0.1, 0.15) is 5.75 Å².